The summed E-state index contributed by atoms with van der Waals surface area (Å²) in [6, 6.07) is 2.20. The largest absolute Gasteiger partial charge is 0.384 e. The molecule has 2 fully saturated rings. The molecular weight excluding hydrogens is 238 g/mol. The molecule has 1 aromatic rings. The van der Waals surface area contributed by atoms with Crippen molar-refractivity contribution >= 4 is 5.82 Å². The van der Waals surface area contributed by atoms with Crippen LogP contribution in [0.3, 0.4) is 0 Å². The number of hydrogen-bond donors (Lipinski definition) is 1. The minimum atomic E-state index is 0.258. The van der Waals surface area contributed by atoms with Gasteiger partial charge in [0.15, 0.2) is 0 Å². The quantitative estimate of drug-likeness (QED) is 0.868. The van der Waals surface area contributed by atoms with Gasteiger partial charge in [0.1, 0.15) is 11.6 Å². The van der Waals surface area contributed by atoms with Crippen molar-refractivity contribution in [1.82, 2.24) is 19.8 Å². The molecule has 0 radical (unpaired) electrons. The van der Waals surface area contributed by atoms with Gasteiger partial charge in [-0.2, -0.15) is 0 Å². The van der Waals surface area contributed by atoms with E-state index in [1.54, 1.807) is 0 Å². The summed E-state index contributed by atoms with van der Waals surface area (Å²) >= 11 is 0. The maximum atomic E-state index is 5.97. The zero-order chi connectivity index (χ0) is 13.4. The average Bonchev–Trinajstić information content (AvgIpc) is 3.18. The first-order valence-electron chi connectivity index (χ1n) is 7.16. The predicted molar refractivity (Wildman–Crippen MR) is 75.9 cm³/mol. The number of likely N-dealkylation sites (N-methyl/N-ethyl adjacent to an activating group) is 2. The van der Waals surface area contributed by atoms with Crippen LogP contribution in [0, 0.1) is 0 Å². The van der Waals surface area contributed by atoms with Crippen LogP contribution in [-0.4, -0.2) is 53.5 Å². The molecule has 1 atom stereocenters. The second kappa shape index (κ2) is 5.06. The summed E-state index contributed by atoms with van der Waals surface area (Å²) in [7, 11) is 4.33. The topological polar surface area (TPSA) is 58.3 Å². The van der Waals surface area contributed by atoms with Crippen molar-refractivity contribution in [3.63, 3.8) is 0 Å². The maximum absolute atomic E-state index is 5.97. The van der Waals surface area contributed by atoms with Crippen LogP contribution in [0.4, 0.5) is 5.82 Å². The third-order valence-corrected chi connectivity index (χ3v) is 4.14. The summed E-state index contributed by atoms with van der Waals surface area (Å²) in [6.07, 6.45) is 3.69. The van der Waals surface area contributed by atoms with Crippen LogP contribution >= 0.6 is 0 Å². The van der Waals surface area contributed by atoms with Crippen molar-refractivity contribution in [3.8, 4) is 0 Å². The lowest BCUT2D eigenvalue weighted by Crippen LogP contribution is -2.32. The van der Waals surface area contributed by atoms with E-state index in [0.29, 0.717) is 11.7 Å². The number of anilines is 1. The van der Waals surface area contributed by atoms with Crippen molar-refractivity contribution in [1.29, 1.82) is 0 Å². The van der Waals surface area contributed by atoms with Gasteiger partial charge < -0.3 is 10.6 Å². The molecule has 2 heterocycles. The Hall–Kier alpha value is -1.20. The van der Waals surface area contributed by atoms with E-state index in [0.717, 1.165) is 31.2 Å². The smallest absolute Gasteiger partial charge is 0.149 e. The van der Waals surface area contributed by atoms with Crippen LogP contribution in [-0.2, 0) is 0 Å². The first-order valence-corrected chi connectivity index (χ1v) is 7.16. The summed E-state index contributed by atoms with van der Waals surface area (Å²) in [5.74, 6) is 2.14. The van der Waals surface area contributed by atoms with E-state index in [2.05, 4.69) is 28.9 Å². The van der Waals surface area contributed by atoms with E-state index in [1.165, 1.54) is 19.3 Å². The van der Waals surface area contributed by atoms with Gasteiger partial charge in [0.05, 0.1) is 6.04 Å². The highest BCUT2D eigenvalue weighted by Gasteiger charge is 2.29. The van der Waals surface area contributed by atoms with Crippen LogP contribution in [0.5, 0.6) is 0 Å². The van der Waals surface area contributed by atoms with Crippen LogP contribution in [0.2, 0.25) is 0 Å². The number of nitrogens with two attached hydrogens (primary N) is 1. The molecule has 5 nitrogen and oxygen atoms in total. The summed E-state index contributed by atoms with van der Waals surface area (Å²) in [6.45, 7) is 3.20. The van der Waals surface area contributed by atoms with Crippen molar-refractivity contribution in [2.45, 2.75) is 31.2 Å². The first kappa shape index (κ1) is 12.8. The lowest BCUT2D eigenvalue weighted by atomic mass is 10.2. The van der Waals surface area contributed by atoms with E-state index in [4.69, 9.17) is 10.7 Å². The molecule has 1 aliphatic carbocycles. The Kier molecular flexibility index (Phi) is 3.41. The van der Waals surface area contributed by atoms with Crippen LogP contribution in [0.15, 0.2) is 6.07 Å². The first-order chi connectivity index (χ1) is 9.13. The molecule has 0 aromatic carbocycles. The van der Waals surface area contributed by atoms with E-state index in [-0.39, 0.29) is 6.04 Å². The molecule has 0 bridgehead atoms. The molecule has 1 aliphatic heterocycles. The number of rotatable bonds is 2. The van der Waals surface area contributed by atoms with Gasteiger partial charge in [-0.25, -0.2) is 9.97 Å². The third kappa shape index (κ3) is 2.87. The zero-order valence-electron chi connectivity index (χ0n) is 11.8. The summed E-state index contributed by atoms with van der Waals surface area (Å²) in [5, 5.41) is 0. The van der Waals surface area contributed by atoms with Gasteiger partial charge in [-0.1, -0.05) is 0 Å². The Morgan fingerprint density at radius 2 is 2.00 bits per heavy atom. The van der Waals surface area contributed by atoms with Gasteiger partial charge >= 0.3 is 0 Å². The highest BCUT2D eigenvalue weighted by atomic mass is 15.2. The monoisotopic (exact) mass is 261 g/mol. The molecule has 0 amide bonds. The zero-order valence-corrected chi connectivity index (χ0v) is 11.8. The van der Waals surface area contributed by atoms with Crippen LogP contribution < -0.4 is 5.73 Å². The summed E-state index contributed by atoms with van der Waals surface area (Å²) in [4.78, 5) is 14.0. The van der Waals surface area contributed by atoms with Gasteiger partial charge in [-0.3, -0.25) is 4.90 Å². The molecule has 1 aromatic heterocycles. The van der Waals surface area contributed by atoms with Crippen LogP contribution in [0.25, 0.3) is 0 Å². The minimum absolute atomic E-state index is 0.258. The standard InChI is InChI=1S/C14H23N5/c1-18-6-3-7-19(2)12(9-18)14-16-11(10-4-5-10)8-13(15)17-14/h8,10,12H,3-7,9H2,1-2H3,(H2,15,16,17). The number of hydrogen-bond acceptors (Lipinski definition) is 5. The van der Waals surface area contributed by atoms with Crippen LogP contribution in [0.1, 0.15) is 42.7 Å². The highest BCUT2D eigenvalue weighted by molar-refractivity contribution is 5.33. The van der Waals surface area contributed by atoms with Gasteiger partial charge in [0.2, 0.25) is 0 Å². The summed E-state index contributed by atoms with van der Waals surface area (Å²) in [5.41, 5.74) is 7.11. The van der Waals surface area contributed by atoms with E-state index in [1.807, 2.05) is 6.07 Å². The Labute approximate surface area is 114 Å². The fourth-order valence-electron chi connectivity index (χ4n) is 2.79. The molecular formula is C14H23N5. The number of nitrogens with zero attached hydrogens (tertiary/aromatic N) is 4. The Morgan fingerprint density at radius 3 is 2.74 bits per heavy atom. The van der Waals surface area contributed by atoms with E-state index in [9.17, 15) is 0 Å². The fraction of sp³-hybridized carbons (Fsp3) is 0.714. The Balaban J connectivity index is 1.90. The van der Waals surface area contributed by atoms with Crippen molar-refractivity contribution in [2.24, 2.45) is 0 Å². The maximum Gasteiger partial charge on any atom is 0.149 e. The van der Waals surface area contributed by atoms with E-state index < -0.39 is 0 Å². The molecule has 5 heteroatoms. The van der Waals surface area contributed by atoms with Gasteiger partial charge in [-0.05, 0) is 46.4 Å². The predicted octanol–water partition coefficient (Wildman–Crippen LogP) is 1.24. The average molecular weight is 261 g/mol. The molecule has 19 heavy (non-hydrogen) atoms. The van der Waals surface area contributed by atoms with Gasteiger partial charge in [-0.15, -0.1) is 0 Å². The number of aromatic nitrogens is 2. The third-order valence-electron chi connectivity index (χ3n) is 4.14. The SMILES string of the molecule is CN1CCCN(C)C(c2nc(N)cc(C3CC3)n2)C1. The molecule has 3 rings (SSSR count). The van der Waals surface area contributed by atoms with Gasteiger partial charge in [0.25, 0.3) is 0 Å². The molecule has 2 aliphatic rings. The lowest BCUT2D eigenvalue weighted by molar-refractivity contribution is 0.219. The second-order valence-corrected chi connectivity index (χ2v) is 5.96. The van der Waals surface area contributed by atoms with Gasteiger partial charge in [0, 0.05) is 24.2 Å². The van der Waals surface area contributed by atoms with Crippen molar-refractivity contribution in [3.05, 3.63) is 17.6 Å². The fourth-order valence-corrected chi connectivity index (χ4v) is 2.79. The molecule has 1 saturated carbocycles. The second-order valence-electron chi connectivity index (χ2n) is 5.96. The highest BCUT2D eigenvalue weighted by Crippen LogP contribution is 2.39. The Morgan fingerprint density at radius 1 is 1.21 bits per heavy atom. The lowest BCUT2D eigenvalue weighted by Gasteiger charge is -2.26. The normalized spacial score (nSPS) is 26.3. The van der Waals surface area contributed by atoms with Crippen molar-refractivity contribution < 1.29 is 0 Å². The summed E-state index contributed by atoms with van der Waals surface area (Å²) < 4.78 is 0. The molecule has 1 unspecified atom stereocenters. The van der Waals surface area contributed by atoms with E-state index >= 15 is 0 Å². The molecule has 2 N–H and O–H groups in total. The molecule has 1 saturated heterocycles. The Bertz CT molecular complexity index is 457. The number of nitrogen functional groups attached to an aromatic ring is 1. The molecule has 104 valence electrons. The van der Waals surface area contributed by atoms with Crippen molar-refractivity contribution in [2.75, 3.05) is 39.5 Å². The molecule has 0 spiro atoms. The minimum Gasteiger partial charge on any atom is -0.384 e.